The Morgan fingerprint density at radius 1 is 1.07 bits per heavy atom. The predicted octanol–water partition coefficient (Wildman–Crippen LogP) is 3.81. The van der Waals surface area contributed by atoms with Gasteiger partial charge in [-0.2, -0.15) is 5.11 Å². The van der Waals surface area contributed by atoms with Gasteiger partial charge in [-0.15, -0.1) is 5.11 Å². The van der Waals surface area contributed by atoms with E-state index in [9.17, 15) is 24.8 Å². The Balaban J connectivity index is 2.01. The van der Waals surface area contributed by atoms with Crippen LogP contribution in [0.5, 0.6) is 5.75 Å². The summed E-state index contributed by atoms with van der Waals surface area (Å²) in [6.07, 6.45) is 0. The maximum Gasteiger partial charge on any atom is 0.344 e. The highest BCUT2D eigenvalue weighted by Crippen LogP contribution is 2.41. The van der Waals surface area contributed by atoms with Gasteiger partial charge >= 0.3 is 5.63 Å². The van der Waals surface area contributed by atoms with E-state index in [4.69, 9.17) is 4.42 Å². The number of benzene rings is 2. The summed E-state index contributed by atoms with van der Waals surface area (Å²) in [5.74, 6) is -2.04. The number of rotatable bonds is 4. The number of azo groups is 1. The van der Waals surface area contributed by atoms with E-state index in [1.165, 1.54) is 30.3 Å². The second-order valence-corrected chi connectivity index (χ2v) is 6.43. The molecule has 4 rings (SSSR count). The van der Waals surface area contributed by atoms with Gasteiger partial charge in [0.2, 0.25) is 0 Å². The zero-order valence-electron chi connectivity index (χ0n) is 15.0. The SMILES string of the molecule is CC1=C(C(c2ccc([N+](=O)[O-])cc2)c2c(O)c3ccccc3oc2=O)C(=O)N=N1. The van der Waals surface area contributed by atoms with Crippen LogP contribution in [-0.4, -0.2) is 15.9 Å². The number of allylic oxidation sites excluding steroid dienone is 1. The van der Waals surface area contributed by atoms with Crippen LogP contribution in [0.4, 0.5) is 5.69 Å². The molecule has 9 heteroatoms. The number of nitro benzene ring substituents is 1. The molecule has 1 aliphatic heterocycles. The lowest BCUT2D eigenvalue weighted by molar-refractivity contribution is -0.384. The molecule has 1 aromatic heterocycles. The molecule has 0 radical (unpaired) electrons. The predicted molar refractivity (Wildman–Crippen MR) is 102 cm³/mol. The number of hydrogen-bond donors (Lipinski definition) is 1. The largest absolute Gasteiger partial charge is 0.507 e. The molecule has 2 aromatic carbocycles. The summed E-state index contributed by atoms with van der Waals surface area (Å²) < 4.78 is 5.35. The molecule has 144 valence electrons. The Morgan fingerprint density at radius 3 is 2.38 bits per heavy atom. The van der Waals surface area contributed by atoms with Gasteiger partial charge in [-0.05, 0) is 24.6 Å². The third-order valence-corrected chi connectivity index (χ3v) is 4.75. The molecule has 1 unspecified atom stereocenters. The van der Waals surface area contributed by atoms with Crippen molar-refractivity contribution in [3.8, 4) is 5.75 Å². The van der Waals surface area contributed by atoms with Crippen molar-refractivity contribution < 1.29 is 19.2 Å². The first-order valence-electron chi connectivity index (χ1n) is 8.54. The zero-order valence-corrected chi connectivity index (χ0v) is 15.0. The van der Waals surface area contributed by atoms with Gasteiger partial charge in [-0.3, -0.25) is 14.9 Å². The van der Waals surface area contributed by atoms with Crippen molar-refractivity contribution >= 4 is 22.6 Å². The zero-order chi connectivity index (χ0) is 20.7. The summed E-state index contributed by atoms with van der Waals surface area (Å²) >= 11 is 0. The first kappa shape index (κ1) is 18.2. The normalized spacial score (nSPS) is 14.6. The molecule has 1 amide bonds. The molecule has 0 saturated heterocycles. The molecule has 0 fully saturated rings. The molecule has 1 atom stereocenters. The average Bonchev–Trinajstić information content (AvgIpc) is 3.03. The van der Waals surface area contributed by atoms with Crippen LogP contribution >= 0.6 is 0 Å². The van der Waals surface area contributed by atoms with Crippen molar-refractivity contribution in [1.82, 2.24) is 0 Å². The van der Waals surface area contributed by atoms with E-state index < -0.39 is 22.4 Å². The van der Waals surface area contributed by atoms with Crippen LogP contribution in [-0.2, 0) is 4.79 Å². The van der Waals surface area contributed by atoms with Gasteiger partial charge < -0.3 is 9.52 Å². The number of amides is 1. The van der Waals surface area contributed by atoms with Crippen LogP contribution < -0.4 is 5.63 Å². The minimum Gasteiger partial charge on any atom is -0.507 e. The molecule has 9 nitrogen and oxygen atoms in total. The monoisotopic (exact) mass is 391 g/mol. The minimum atomic E-state index is -1.06. The maximum absolute atomic E-state index is 12.8. The molecule has 1 aliphatic rings. The van der Waals surface area contributed by atoms with Gasteiger partial charge in [0.15, 0.2) is 0 Å². The third-order valence-electron chi connectivity index (χ3n) is 4.75. The van der Waals surface area contributed by atoms with Gasteiger partial charge in [0.25, 0.3) is 11.6 Å². The van der Waals surface area contributed by atoms with Crippen molar-refractivity contribution in [1.29, 1.82) is 0 Å². The Bertz CT molecular complexity index is 1290. The van der Waals surface area contributed by atoms with E-state index in [1.807, 2.05) is 0 Å². The highest BCUT2D eigenvalue weighted by molar-refractivity contribution is 5.99. The lowest BCUT2D eigenvalue weighted by atomic mass is 9.83. The number of nitrogens with zero attached hydrogens (tertiary/aromatic N) is 3. The van der Waals surface area contributed by atoms with Crippen molar-refractivity contribution in [2.45, 2.75) is 12.8 Å². The van der Waals surface area contributed by atoms with Gasteiger partial charge in [-0.1, -0.05) is 24.3 Å². The van der Waals surface area contributed by atoms with E-state index in [0.29, 0.717) is 10.9 Å². The van der Waals surface area contributed by atoms with Crippen LogP contribution in [0.3, 0.4) is 0 Å². The molecule has 0 aliphatic carbocycles. The number of nitro groups is 1. The fourth-order valence-corrected chi connectivity index (χ4v) is 3.38. The van der Waals surface area contributed by atoms with E-state index >= 15 is 0 Å². The number of carbonyl (C=O) groups is 1. The van der Waals surface area contributed by atoms with Gasteiger partial charge in [-0.25, -0.2) is 4.79 Å². The Hall–Kier alpha value is -4.14. The Morgan fingerprint density at radius 2 is 1.76 bits per heavy atom. The first-order valence-corrected chi connectivity index (χ1v) is 8.54. The van der Waals surface area contributed by atoms with Crippen LogP contribution in [0, 0.1) is 10.1 Å². The standard InChI is InChI=1S/C20H13N3O6/c1-10-15(19(25)22-21-10)16(11-6-8-12(9-7-11)23(27)28)17-18(24)13-4-2-3-5-14(13)29-20(17)26/h2-9,16,24H,1H3. The molecule has 0 bridgehead atoms. The summed E-state index contributed by atoms with van der Waals surface area (Å²) in [4.78, 5) is 35.6. The van der Waals surface area contributed by atoms with Gasteiger partial charge in [0.05, 0.1) is 33.1 Å². The summed E-state index contributed by atoms with van der Waals surface area (Å²) in [6.45, 7) is 1.56. The molecule has 3 aromatic rings. The van der Waals surface area contributed by atoms with E-state index in [-0.39, 0.29) is 33.9 Å². The summed E-state index contributed by atoms with van der Waals surface area (Å²) in [5.41, 5.74) is -0.193. The van der Waals surface area contributed by atoms with Gasteiger partial charge in [0, 0.05) is 12.1 Å². The molecular weight excluding hydrogens is 378 g/mol. The quantitative estimate of drug-likeness (QED) is 0.408. The summed E-state index contributed by atoms with van der Waals surface area (Å²) in [7, 11) is 0. The highest BCUT2D eigenvalue weighted by atomic mass is 16.6. The number of carbonyl (C=O) groups excluding carboxylic acids is 1. The number of aromatic hydroxyl groups is 1. The summed E-state index contributed by atoms with van der Waals surface area (Å²) in [6, 6.07) is 11.8. The number of para-hydroxylation sites is 1. The molecule has 1 N–H and O–H groups in total. The van der Waals surface area contributed by atoms with Crippen molar-refractivity contribution in [2.75, 3.05) is 0 Å². The average molecular weight is 391 g/mol. The van der Waals surface area contributed by atoms with Crippen molar-refractivity contribution in [3.05, 3.63) is 91.5 Å². The van der Waals surface area contributed by atoms with E-state index in [1.54, 1.807) is 25.1 Å². The fraction of sp³-hybridized carbons (Fsp3) is 0.100. The molecular formula is C20H13N3O6. The maximum atomic E-state index is 12.8. The van der Waals surface area contributed by atoms with Crippen molar-refractivity contribution in [3.63, 3.8) is 0 Å². The second kappa shape index (κ2) is 6.79. The molecule has 29 heavy (non-hydrogen) atoms. The molecule has 0 saturated carbocycles. The third kappa shape index (κ3) is 2.98. The van der Waals surface area contributed by atoms with Crippen LogP contribution in [0.2, 0.25) is 0 Å². The van der Waals surface area contributed by atoms with Crippen LogP contribution in [0.1, 0.15) is 24.0 Å². The van der Waals surface area contributed by atoms with Crippen LogP contribution in [0.25, 0.3) is 11.0 Å². The first-order chi connectivity index (χ1) is 13.9. The number of hydrogen-bond acceptors (Lipinski definition) is 7. The van der Waals surface area contributed by atoms with E-state index in [0.717, 1.165) is 0 Å². The Labute approximate surface area is 162 Å². The highest BCUT2D eigenvalue weighted by Gasteiger charge is 2.35. The van der Waals surface area contributed by atoms with Crippen molar-refractivity contribution in [2.24, 2.45) is 10.2 Å². The lowest BCUT2D eigenvalue weighted by Crippen LogP contribution is -2.19. The lowest BCUT2D eigenvalue weighted by Gasteiger charge is -2.19. The summed E-state index contributed by atoms with van der Waals surface area (Å²) in [5, 5.41) is 29.4. The molecule has 0 spiro atoms. The van der Waals surface area contributed by atoms with Crippen LogP contribution in [0.15, 0.2) is 79.2 Å². The minimum absolute atomic E-state index is 0.0942. The number of non-ortho nitro benzene ring substituents is 1. The van der Waals surface area contributed by atoms with Gasteiger partial charge in [0.1, 0.15) is 11.3 Å². The topological polar surface area (TPSA) is 135 Å². The number of fused-ring (bicyclic) bond motifs is 1. The smallest absolute Gasteiger partial charge is 0.344 e. The molecule has 2 heterocycles. The fourth-order valence-electron chi connectivity index (χ4n) is 3.38. The Kier molecular flexibility index (Phi) is 4.27. The second-order valence-electron chi connectivity index (χ2n) is 6.43. The van der Waals surface area contributed by atoms with E-state index in [2.05, 4.69) is 10.2 Å².